The minimum Gasteiger partial charge on any atom is -0.303 e. The molecule has 1 saturated carbocycles. The molecule has 0 radical (unpaired) electrons. The second-order valence-electron chi connectivity index (χ2n) is 9.39. The summed E-state index contributed by atoms with van der Waals surface area (Å²) in [6.45, 7) is 3.82. The number of carbonyl (C=O) groups excluding carboxylic acids is 1. The monoisotopic (exact) mass is 434 g/mol. The van der Waals surface area contributed by atoms with Gasteiger partial charge in [0.1, 0.15) is 17.2 Å². The Balaban J connectivity index is 1.20. The van der Waals surface area contributed by atoms with E-state index in [9.17, 15) is 9.18 Å². The second kappa shape index (κ2) is 9.10. The zero-order chi connectivity index (χ0) is 22.0. The van der Waals surface area contributed by atoms with E-state index in [-0.39, 0.29) is 11.7 Å². The number of likely N-dealkylation sites (tertiary alicyclic amines) is 1. The number of benzene rings is 1. The first kappa shape index (κ1) is 21.3. The molecule has 3 aliphatic rings. The summed E-state index contributed by atoms with van der Waals surface area (Å²) in [4.78, 5) is 26.8. The molecule has 0 bridgehead atoms. The summed E-state index contributed by atoms with van der Waals surface area (Å²) in [5, 5.41) is 0. The van der Waals surface area contributed by atoms with Crippen molar-refractivity contribution in [1.82, 2.24) is 14.8 Å². The minimum absolute atomic E-state index is 0.144. The summed E-state index contributed by atoms with van der Waals surface area (Å²) in [6, 6.07) is 10.7. The highest BCUT2D eigenvalue weighted by molar-refractivity contribution is 6.15. The maximum atomic E-state index is 13.5. The van der Waals surface area contributed by atoms with Crippen LogP contribution in [0.5, 0.6) is 0 Å². The molecular formula is C26H31FN4O. The second-order valence-corrected chi connectivity index (χ2v) is 9.39. The summed E-state index contributed by atoms with van der Waals surface area (Å²) < 4.78 is 13.5. The summed E-state index contributed by atoms with van der Waals surface area (Å²) in [6.07, 6.45) is 10.8. The van der Waals surface area contributed by atoms with Gasteiger partial charge in [-0.1, -0.05) is 12.8 Å². The molecule has 0 atom stereocenters. The molecule has 2 aliphatic heterocycles. The summed E-state index contributed by atoms with van der Waals surface area (Å²) in [5.74, 6) is 1.23. The zero-order valence-corrected chi connectivity index (χ0v) is 18.5. The Labute approximate surface area is 189 Å². The topological polar surface area (TPSA) is 48.8 Å². The number of aromatic nitrogens is 1. The van der Waals surface area contributed by atoms with Crippen LogP contribution >= 0.6 is 0 Å². The number of hydrogen-bond acceptors (Lipinski definition) is 4. The highest BCUT2D eigenvalue weighted by Gasteiger charge is 2.49. The fraction of sp³-hybridized carbons (Fsp3) is 0.500. The predicted octanol–water partition coefficient (Wildman–Crippen LogP) is 4.39. The van der Waals surface area contributed by atoms with E-state index in [1.807, 2.05) is 17.3 Å². The summed E-state index contributed by atoms with van der Waals surface area (Å²) >= 11 is 0. The molecule has 32 heavy (non-hydrogen) atoms. The lowest BCUT2D eigenvalue weighted by molar-refractivity contribution is -0.131. The lowest BCUT2D eigenvalue weighted by Gasteiger charge is -2.32. The molecule has 5 rings (SSSR count). The molecule has 1 saturated heterocycles. The number of pyridine rings is 1. The number of piperidine rings is 1. The van der Waals surface area contributed by atoms with Crippen LogP contribution < -0.4 is 0 Å². The molecule has 1 aliphatic carbocycles. The Morgan fingerprint density at radius 3 is 2.34 bits per heavy atom. The third kappa shape index (κ3) is 4.20. The number of halogens is 1. The Kier molecular flexibility index (Phi) is 6.05. The lowest BCUT2D eigenvalue weighted by Crippen LogP contribution is -2.43. The van der Waals surface area contributed by atoms with Crippen LogP contribution in [0.25, 0.3) is 0 Å². The van der Waals surface area contributed by atoms with Gasteiger partial charge in [-0.15, -0.1) is 0 Å². The quantitative estimate of drug-likeness (QED) is 0.677. The molecule has 2 fully saturated rings. The van der Waals surface area contributed by atoms with Gasteiger partial charge in [0.2, 0.25) is 0 Å². The average Bonchev–Trinajstić information content (AvgIpc) is 3.41. The number of aliphatic imine (C=N–C) groups is 1. The first-order chi connectivity index (χ1) is 15.6. The van der Waals surface area contributed by atoms with E-state index >= 15 is 0 Å². The fourth-order valence-electron chi connectivity index (χ4n) is 5.55. The van der Waals surface area contributed by atoms with E-state index < -0.39 is 5.54 Å². The average molecular weight is 435 g/mol. The number of carbonyl (C=O) groups is 1. The number of nitrogens with zero attached hydrogens (tertiary/aromatic N) is 4. The third-order valence-electron chi connectivity index (χ3n) is 7.37. The van der Waals surface area contributed by atoms with Gasteiger partial charge >= 0.3 is 0 Å². The summed E-state index contributed by atoms with van der Waals surface area (Å²) in [7, 11) is 0. The van der Waals surface area contributed by atoms with E-state index in [1.54, 1.807) is 12.1 Å². The van der Waals surface area contributed by atoms with Crippen molar-refractivity contribution in [3.8, 4) is 0 Å². The maximum Gasteiger partial charge on any atom is 0.256 e. The molecule has 0 unspecified atom stereocenters. The normalized spacial score (nSPS) is 21.5. The Morgan fingerprint density at radius 2 is 1.66 bits per heavy atom. The first-order valence-corrected chi connectivity index (χ1v) is 11.9. The van der Waals surface area contributed by atoms with Crippen molar-refractivity contribution in [3.05, 3.63) is 65.7 Å². The molecule has 1 spiro atoms. The van der Waals surface area contributed by atoms with Crippen molar-refractivity contribution in [2.45, 2.75) is 56.4 Å². The summed E-state index contributed by atoms with van der Waals surface area (Å²) in [5.41, 5.74) is 1.65. The molecule has 1 amide bonds. The molecule has 3 heterocycles. The number of amidine groups is 1. The fourth-order valence-corrected chi connectivity index (χ4v) is 5.55. The molecular weight excluding hydrogens is 403 g/mol. The number of amides is 1. The van der Waals surface area contributed by atoms with Gasteiger partial charge in [0.15, 0.2) is 0 Å². The van der Waals surface area contributed by atoms with Gasteiger partial charge in [0.05, 0.1) is 0 Å². The van der Waals surface area contributed by atoms with E-state index in [4.69, 9.17) is 4.99 Å². The molecule has 1 aromatic heterocycles. The van der Waals surface area contributed by atoms with E-state index in [0.29, 0.717) is 12.5 Å². The van der Waals surface area contributed by atoms with Crippen LogP contribution in [0.1, 0.15) is 62.0 Å². The standard InChI is InChI=1S/C26H31FN4O/c27-23-6-4-22(5-7-23)24-29-26(12-1-2-13-26)25(32)31(24)17-3-16-30-18-10-21(11-19-30)20-8-14-28-15-9-20/h4-9,14-15,21H,1-3,10-13,16-19H2. The van der Waals surface area contributed by atoms with Gasteiger partial charge in [-0.3, -0.25) is 19.7 Å². The number of rotatable bonds is 6. The number of hydrogen-bond donors (Lipinski definition) is 0. The van der Waals surface area contributed by atoms with Gasteiger partial charge < -0.3 is 4.90 Å². The van der Waals surface area contributed by atoms with Gasteiger partial charge in [-0.2, -0.15) is 0 Å². The van der Waals surface area contributed by atoms with Crippen molar-refractivity contribution in [3.63, 3.8) is 0 Å². The third-order valence-corrected chi connectivity index (χ3v) is 7.37. The van der Waals surface area contributed by atoms with Crippen LogP contribution in [-0.4, -0.2) is 58.2 Å². The highest BCUT2D eigenvalue weighted by atomic mass is 19.1. The van der Waals surface area contributed by atoms with E-state index in [2.05, 4.69) is 22.0 Å². The van der Waals surface area contributed by atoms with Crippen LogP contribution in [0.15, 0.2) is 53.8 Å². The maximum absolute atomic E-state index is 13.5. The Morgan fingerprint density at radius 1 is 0.969 bits per heavy atom. The molecule has 5 nitrogen and oxygen atoms in total. The van der Waals surface area contributed by atoms with Crippen molar-refractivity contribution in [1.29, 1.82) is 0 Å². The first-order valence-electron chi connectivity index (χ1n) is 11.9. The van der Waals surface area contributed by atoms with Crippen LogP contribution in [0.2, 0.25) is 0 Å². The van der Waals surface area contributed by atoms with Gasteiger partial charge in [-0.05, 0) is 99.6 Å². The smallest absolute Gasteiger partial charge is 0.256 e. The van der Waals surface area contributed by atoms with Gasteiger partial charge in [-0.25, -0.2) is 4.39 Å². The van der Waals surface area contributed by atoms with E-state index in [1.165, 1.54) is 17.7 Å². The molecule has 1 aromatic carbocycles. The zero-order valence-electron chi connectivity index (χ0n) is 18.5. The van der Waals surface area contributed by atoms with E-state index in [0.717, 1.165) is 76.0 Å². The van der Waals surface area contributed by atoms with Crippen molar-refractivity contribution >= 4 is 11.7 Å². The predicted molar refractivity (Wildman–Crippen MR) is 123 cm³/mol. The van der Waals surface area contributed by atoms with Crippen LogP contribution in [0.3, 0.4) is 0 Å². The Hall–Kier alpha value is -2.60. The lowest BCUT2D eigenvalue weighted by atomic mass is 9.90. The largest absolute Gasteiger partial charge is 0.303 e. The van der Waals surface area contributed by atoms with Crippen LogP contribution in [0.4, 0.5) is 4.39 Å². The van der Waals surface area contributed by atoms with Crippen molar-refractivity contribution < 1.29 is 9.18 Å². The van der Waals surface area contributed by atoms with Gasteiger partial charge in [0.25, 0.3) is 5.91 Å². The Bertz CT molecular complexity index is 961. The van der Waals surface area contributed by atoms with Crippen LogP contribution in [0, 0.1) is 5.82 Å². The van der Waals surface area contributed by atoms with Crippen molar-refractivity contribution in [2.24, 2.45) is 4.99 Å². The molecule has 6 heteroatoms. The van der Waals surface area contributed by atoms with Crippen LogP contribution in [-0.2, 0) is 4.79 Å². The minimum atomic E-state index is -0.577. The molecule has 2 aromatic rings. The van der Waals surface area contributed by atoms with Gasteiger partial charge in [0, 0.05) is 24.5 Å². The molecule has 0 N–H and O–H groups in total. The SMILES string of the molecule is O=C1N(CCCN2CCC(c3ccncc3)CC2)C(c2ccc(F)cc2)=NC12CCCC2. The van der Waals surface area contributed by atoms with Crippen molar-refractivity contribution in [2.75, 3.05) is 26.2 Å². The molecule has 168 valence electrons. The highest BCUT2D eigenvalue weighted by Crippen LogP contribution is 2.40.